The monoisotopic (exact) mass is 331 g/mol. The molecule has 0 radical (unpaired) electrons. The van der Waals surface area contributed by atoms with E-state index in [1.54, 1.807) is 0 Å². The van der Waals surface area contributed by atoms with E-state index in [-0.39, 0.29) is 0 Å². The predicted octanol–water partition coefficient (Wildman–Crippen LogP) is 5.21. The maximum absolute atomic E-state index is 5.06. The molecule has 2 aromatic carbocycles. The van der Waals surface area contributed by atoms with Gasteiger partial charge in [0.2, 0.25) is 0 Å². The van der Waals surface area contributed by atoms with Crippen LogP contribution in [0.15, 0.2) is 42.5 Å². The summed E-state index contributed by atoms with van der Waals surface area (Å²) in [6.07, 6.45) is 3.49. The van der Waals surface area contributed by atoms with Crippen LogP contribution in [-0.2, 0) is 6.42 Å². The number of rotatable bonds is 2. The van der Waals surface area contributed by atoms with Gasteiger partial charge in [-0.3, -0.25) is 0 Å². The Morgan fingerprint density at radius 1 is 0.960 bits per heavy atom. The maximum atomic E-state index is 5.06. The van der Waals surface area contributed by atoms with Crippen LogP contribution in [0.1, 0.15) is 35.1 Å². The van der Waals surface area contributed by atoms with Gasteiger partial charge in [-0.15, -0.1) is 0 Å². The van der Waals surface area contributed by atoms with Gasteiger partial charge in [-0.2, -0.15) is 5.10 Å². The Bertz CT molecular complexity index is 904. The fourth-order valence-electron chi connectivity index (χ4n) is 3.59. The first-order valence-corrected chi connectivity index (χ1v) is 9.14. The molecular weight excluding hydrogens is 306 g/mol. The van der Waals surface area contributed by atoms with E-state index in [2.05, 4.69) is 73.2 Å². The predicted molar refractivity (Wildman–Crippen MR) is 105 cm³/mol. The van der Waals surface area contributed by atoms with Gasteiger partial charge >= 0.3 is 0 Å². The van der Waals surface area contributed by atoms with Crippen LogP contribution >= 0.6 is 0 Å². The van der Waals surface area contributed by atoms with Gasteiger partial charge in [0.15, 0.2) is 0 Å². The number of nitrogens with one attached hydrogen (secondary N) is 1. The molecule has 25 heavy (non-hydrogen) atoms. The molecule has 1 aliphatic rings. The lowest BCUT2D eigenvalue weighted by molar-refractivity contribution is 0.779. The van der Waals surface area contributed by atoms with Crippen molar-refractivity contribution in [3.8, 4) is 16.9 Å². The van der Waals surface area contributed by atoms with E-state index >= 15 is 0 Å². The minimum atomic E-state index is 1.01. The van der Waals surface area contributed by atoms with Gasteiger partial charge in [-0.1, -0.05) is 42.0 Å². The zero-order valence-corrected chi connectivity index (χ0v) is 15.3. The molecule has 3 heteroatoms. The Labute approximate surface area is 149 Å². The van der Waals surface area contributed by atoms with Crippen molar-refractivity contribution in [1.29, 1.82) is 0 Å². The summed E-state index contributed by atoms with van der Waals surface area (Å²) in [5.41, 5.74) is 8.70. The lowest BCUT2D eigenvalue weighted by Gasteiger charge is -2.13. The van der Waals surface area contributed by atoms with Crippen molar-refractivity contribution in [2.24, 2.45) is 0 Å². The summed E-state index contributed by atoms with van der Waals surface area (Å²) >= 11 is 0. The highest BCUT2D eigenvalue weighted by molar-refractivity contribution is 5.72. The molecule has 0 atom stereocenters. The quantitative estimate of drug-likeness (QED) is 0.698. The number of aromatic nitrogens is 2. The molecule has 0 unspecified atom stereocenters. The molecule has 3 aromatic rings. The number of nitrogens with zero attached hydrogens (tertiary/aromatic N) is 2. The molecule has 0 spiro atoms. The number of fused-ring (bicyclic) bond motifs is 1. The second kappa shape index (κ2) is 6.40. The van der Waals surface area contributed by atoms with E-state index in [0.29, 0.717) is 0 Å². The largest absolute Gasteiger partial charge is 0.370 e. The van der Waals surface area contributed by atoms with Crippen molar-refractivity contribution >= 4 is 5.82 Å². The summed E-state index contributed by atoms with van der Waals surface area (Å²) in [4.78, 5) is 0. The van der Waals surface area contributed by atoms with Crippen molar-refractivity contribution < 1.29 is 0 Å². The Hall–Kier alpha value is -2.55. The van der Waals surface area contributed by atoms with Gasteiger partial charge in [0.1, 0.15) is 5.82 Å². The summed E-state index contributed by atoms with van der Waals surface area (Å²) in [6.45, 7) is 7.48. The lowest BCUT2D eigenvalue weighted by atomic mass is 10.0. The van der Waals surface area contributed by atoms with E-state index < -0.39 is 0 Å². The standard InChI is InChI=1S/C22H25N3/c1-15-10-12-18(13-11-15)21-19-8-4-5-14-23-22(19)25(24-21)20-9-6-7-16(2)17(20)3/h6-7,9-13,23H,4-5,8,14H2,1-3H3. The van der Waals surface area contributed by atoms with Crippen molar-refractivity contribution in [3.05, 3.63) is 64.7 Å². The zero-order valence-electron chi connectivity index (χ0n) is 15.3. The fraction of sp³-hybridized carbons (Fsp3) is 0.318. The van der Waals surface area contributed by atoms with Crippen molar-refractivity contribution in [3.63, 3.8) is 0 Å². The van der Waals surface area contributed by atoms with E-state index in [0.717, 1.165) is 18.7 Å². The number of anilines is 1. The van der Waals surface area contributed by atoms with Gasteiger partial charge < -0.3 is 5.32 Å². The van der Waals surface area contributed by atoms with Gasteiger partial charge in [0, 0.05) is 17.7 Å². The lowest BCUT2D eigenvalue weighted by Crippen LogP contribution is -2.08. The topological polar surface area (TPSA) is 29.9 Å². The zero-order chi connectivity index (χ0) is 17.4. The molecule has 4 rings (SSSR count). The van der Waals surface area contributed by atoms with E-state index in [4.69, 9.17) is 5.10 Å². The summed E-state index contributed by atoms with van der Waals surface area (Å²) in [7, 11) is 0. The van der Waals surface area contributed by atoms with Crippen LogP contribution in [-0.4, -0.2) is 16.3 Å². The summed E-state index contributed by atoms with van der Waals surface area (Å²) in [6, 6.07) is 15.2. The maximum Gasteiger partial charge on any atom is 0.133 e. The highest BCUT2D eigenvalue weighted by atomic mass is 15.3. The highest BCUT2D eigenvalue weighted by Gasteiger charge is 2.22. The van der Waals surface area contributed by atoms with E-state index in [9.17, 15) is 0 Å². The molecule has 0 aliphatic carbocycles. The molecule has 1 aromatic heterocycles. The van der Waals surface area contributed by atoms with Gasteiger partial charge in [-0.05, 0) is 57.2 Å². The van der Waals surface area contributed by atoms with E-state index in [1.807, 2.05) is 0 Å². The van der Waals surface area contributed by atoms with Crippen LogP contribution in [0.2, 0.25) is 0 Å². The molecule has 0 amide bonds. The average molecular weight is 331 g/mol. The molecule has 0 bridgehead atoms. The van der Waals surface area contributed by atoms with Gasteiger partial charge in [0.05, 0.1) is 11.4 Å². The summed E-state index contributed by atoms with van der Waals surface area (Å²) in [5, 5.41) is 8.70. The number of benzene rings is 2. The minimum Gasteiger partial charge on any atom is -0.370 e. The first kappa shape index (κ1) is 15.9. The Morgan fingerprint density at radius 3 is 2.56 bits per heavy atom. The molecule has 2 heterocycles. The molecule has 0 saturated carbocycles. The molecule has 128 valence electrons. The third-order valence-electron chi connectivity index (χ3n) is 5.26. The van der Waals surface area contributed by atoms with Crippen molar-refractivity contribution in [2.75, 3.05) is 11.9 Å². The fourth-order valence-corrected chi connectivity index (χ4v) is 3.59. The normalized spacial score (nSPS) is 13.9. The highest BCUT2D eigenvalue weighted by Crippen LogP contribution is 2.35. The van der Waals surface area contributed by atoms with Crippen molar-refractivity contribution in [1.82, 2.24) is 9.78 Å². The van der Waals surface area contributed by atoms with Crippen LogP contribution in [0, 0.1) is 20.8 Å². The summed E-state index contributed by atoms with van der Waals surface area (Å²) in [5.74, 6) is 1.17. The van der Waals surface area contributed by atoms with Crippen molar-refractivity contribution in [2.45, 2.75) is 40.0 Å². The van der Waals surface area contributed by atoms with Gasteiger partial charge in [-0.25, -0.2) is 4.68 Å². The first-order chi connectivity index (χ1) is 12.1. The average Bonchev–Trinajstić information content (AvgIpc) is 2.80. The molecule has 0 saturated heterocycles. The van der Waals surface area contributed by atoms with Gasteiger partial charge in [0.25, 0.3) is 0 Å². The van der Waals surface area contributed by atoms with Crippen LogP contribution in [0.3, 0.4) is 0 Å². The van der Waals surface area contributed by atoms with Crippen LogP contribution in [0.4, 0.5) is 5.82 Å². The van der Waals surface area contributed by atoms with Crippen LogP contribution in [0.5, 0.6) is 0 Å². The molecular formula is C22H25N3. The molecule has 3 nitrogen and oxygen atoms in total. The molecule has 0 fully saturated rings. The van der Waals surface area contributed by atoms with E-state index in [1.165, 1.54) is 52.2 Å². The molecule has 1 N–H and O–H groups in total. The first-order valence-electron chi connectivity index (χ1n) is 9.14. The second-order valence-corrected chi connectivity index (χ2v) is 7.06. The summed E-state index contributed by atoms with van der Waals surface area (Å²) < 4.78 is 2.12. The number of hydrogen-bond donors (Lipinski definition) is 1. The Balaban J connectivity index is 1.93. The van der Waals surface area contributed by atoms with Crippen LogP contribution < -0.4 is 5.32 Å². The second-order valence-electron chi connectivity index (χ2n) is 7.06. The smallest absolute Gasteiger partial charge is 0.133 e. The third kappa shape index (κ3) is 2.84. The Morgan fingerprint density at radius 2 is 1.76 bits per heavy atom. The number of aryl methyl sites for hydroxylation is 2. The minimum absolute atomic E-state index is 1.01. The Kier molecular flexibility index (Phi) is 4.08. The molecule has 1 aliphatic heterocycles. The van der Waals surface area contributed by atoms with Crippen LogP contribution in [0.25, 0.3) is 16.9 Å². The number of hydrogen-bond acceptors (Lipinski definition) is 2. The SMILES string of the molecule is Cc1ccc(-c2nn(-c3cccc(C)c3C)c3c2CCCCN3)cc1. The third-order valence-corrected chi connectivity index (χ3v) is 5.26.